The lowest BCUT2D eigenvalue weighted by Crippen LogP contribution is -2.34. The Morgan fingerprint density at radius 1 is 1.43 bits per heavy atom. The molecule has 0 aromatic carbocycles. The molecule has 0 aliphatic heterocycles. The zero-order valence-electron chi connectivity index (χ0n) is 13.0. The SMILES string of the molecule is CNc1nc2sccn2c1S(=O)(=O)NCC(C)C(C)(C)C. The monoisotopic (exact) mass is 330 g/mol. The molecule has 0 amide bonds. The zero-order valence-corrected chi connectivity index (χ0v) is 14.6. The number of aromatic nitrogens is 2. The molecule has 0 bridgehead atoms. The van der Waals surface area contributed by atoms with Crippen molar-refractivity contribution in [3.05, 3.63) is 11.6 Å². The third-order valence-electron chi connectivity index (χ3n) is 3.77. The Labute approximate surface area is 129 Å². The fraction of sp³-hybridized carbons (Fsp3) is 0.615. The van der Waals surface area contributed by atoms with Crippen molar-refractivity contribution >= 4 is 32.1 Å². The van der Waals surface area contributed by atoms with Gasteiger partial charge in [-0.3, -0.25) is 4.40 Å². The molecule has 0 aliphatic rings. The summed E-state index contributed by atoms with van der Waals surface area (Å²) in [6, 6.07) is 0. The summed E-state index contributed by atoms with van der Waals surface area (Å²) in [4.78, 5) is 4.94. The van der Waals surface area contributed by atoms with Crippen molar-refractivity contribution in [3.8, 4) is 0 Å². The molecule has 118 valence electrons. The van der Waals surface area contributed by atoms with Crippen LogP contribution in [0.25, 0.3) is 4.96 Å². The number of anilines is 1. The minimum atomic E-state index is -3.62. The first-order valence-electron chi connectivity index (χ1n) is 6.80. The summed E-state index contributed by atoms with van der Waals surface area (Å²) in [5, 5.41) is 4.84. The molecule has 0 aliphatic carbocycles. The van der Waals surface area contributed by atoms with E-state index in [1.165, 1.54) is 11.3 Å². The van der Waals surface area contributed by atoms with Gasteiger partial charge < -0.3 is 5.32 Å². The molecule has 0 spiro atoms. The topological polar surface area (TPSA) is 75.5 Å². The van der Waals surface area contributed by atoms with Gasteiger partial charge in [-0.25, -0.2) is 18.1 Å². The van der Waals surface area contributed by atoms with E-state index in [4.69, 9.17) is 0 Å². The lowest BCUT2D eigenvalue weighted by molar-refractivity contribution is 0.263. The van der Waals surface area contributed by atoms with Crippen LogP contribution < -0.4 is 10.0 Å². The van der Waals surface area contributed by atoms with Gasteiger partial charge in [0, 0.05) is 25.2 Å². The lowest BCUT2D eigenvalue weighted by atomic mass is 9.82. The first-order valence-corrected chi connectivity index (χ1v) is 9.16. The Kier molecular flexibility index (Phi) is 4.32. The van der Waals surface area contributed by atoms with E-state index >= 15 is 0 Å². The molecule has 21 heavy (non-hydrogen) atoms. The predicted octanol–water partition coefficient (Wildman–Crippen LogP) is 2.40. The number of rotatable bonds is 5. The molecule has 2 rings (SSSR count). The Bertz CT molecular complexity index is 725. The van der Waals surface area contributed by atoms with Gasteiger partial charge >= 0.3 is 0 Å². The number of hydrogen-bond acceptors (Lipinski definition) is 5. The third kappa shape index (κ3) is 3.22. The highest BCUT2D eigenvalue weighted by Gasteiger charge is 2.27. The number of hydrogen-bond donors (Lipinski definition) is 2. The van der Waals surface area contributed by atoms with E-state index in [2.05, 4.69) is 35.8 Å². The second kappa shape index (κ2) is 5.58. The maximum absolute atomic E-state index is 12.6. The van der Waals surface area contributed by atoms with Gasteiger partial charge in [0.15, 0.2) is 15.8 Å². The molecule has 2 heterocycles. The van der Waals surface area contributed by atoms with E-state index in [0.29, 0.717) is 17.3 Å². The molecule has 0 saturated heterocycles. The molecule has 2 aromatic rings. The average molecular weight is 330 g/mol. The number of thiazole rings is 1. The highest BCUT2D eigenvalue weighted by atomic mass is 32.2. The normalized spacial score (nSPS) is 14.5. The van der Waals surface area contributed by atoms with Gasteiger partial charge in [-0.2, -0.15) is 0 Å². The summed E-state index contributed by atoms with van der Waals surface area (Å²) in [5.41, 5.74) is 0.0451. The van der Waals surface area contributed by atoms with Crippen molar-refractivity contribution in [1.29, 1.82) is 0 Å². The van der Waals surface area contributed by atoms with Crippen LogP contribution in [0.4, 0.5) is 5.82 Å². The zero-order chi connectivity index (χ0) is 15.8. The van der Waals surface area contributed by atoms with Crippen LogP contribution in [-0.2, 0) is 10.0 Å². The van der Waals surface area contributed by atoms with Gasteiger partial charge in [0.2, 0.25) is 0 Å². The largest absolute Gasteiger partial charge is 0.371 e. The smallest absolute Gasteiger partial charge is 0.260 e. The predicted molar refractivity (Wildman–Crippen MR) is 86.4 cm³/mol. The average Bonchev–Trinajstić information content (AvgIpc) is 2.93. The van der Waals surface area contributed by atoms with E-state index < -0.39 is 10.0 Å². The second-order valence-electron chi connectivity index (χ2n) is 6.19. The molecule has 8 heteroatoms. The first-order chi connectivity index (χ1) is 9.66. The second-order valence-corrected chi connectivity index (χ2v) is 8.75. The van der Waals surface area contributed by atoms with Crippen LogP contribution in [0.15, 0.2) is 16.6 Å². The summed E-state index contributed by atoms with van der Waals surface area (Å²) >= 11 is 1.40. The van der Waals surface area contributed by atoms with E-state index in [1.54, 1.807) is 17.6 Å². The van der Waals surface area contributed by atoms with Gasteiger partial charge in [-0.1, -0.05) is 27.7 Å². The van der Waals surface area contributed by atoms with Crippen molar-refractivity contribution < 1.29 is 8.42 Å². The fourth-order valence-corrected chi connectivity index (χ4v) is 3.98. The van der Waals surface area contributed by atoms with Crippen LogP contribution in [0.3, 0.4) is 0 Å². The molecule has 2 N–H and O–H groups in total. The van der Waals surface area contributed by atoms with E-state index in [1.807, 2.05) is 12.3 Å². The van der Waals surface area contributed by atoms with Crippen molar-refractivity contribution in [2.75, 3.05) is 18.9 Å². The van der Waals surface area contributed by atoms with Gasteiger partial charge in [0.05, 0.1) is 0 Å². The molecule has 0 fully saturated rings. The van der Waals surface area contributed by atoms with Crippen LogP contribution in [0.5, 0.6) is 0 Å². The van der Waals surface area contributed by atoms with Gasteiger partial charge in [0.25, 0.3) is 10.0 Å². The minimum absolute atomic E-state index is 0.0451. The molecule has 6 nitrogen and oxygen atoms in total. The molecule has 0 saturated carbocycles. The third-order valence-corrected chi connectivity index (χ3v) is 5.97. The van der Waals surface area contributed by atoms with Crippen molar-refractivity contribution in [3.63, 3.8) is 0 Å². The summed E-state index contributed by atoms with van der Waals surface area (Å²) < 4.78 is 29.5. The van der Waals surface area contributed by atoms with Crippen LogP contribution >= 0.6 is 11.3 Å². The van der Waals surface area contributed by atoms with Crippen molar-refractivity contribution in [1.82, 2.24) is 14.1 Å². The van der Waals surface area contributed by atoms with Crippen LogP contribution in [0, 0.1) is 11.3 Å². The van der Waals surface area contributed by atoms with Crippen LogP contribution in [0.1, 0.15) is 27.7 Å². The van der Waals surface area contributed by atoms with Gasteiger partial charge in [-0.05, 0) is 11.3 Å². The summed E-state index contributed by atoms with van der Waals surface area (Å²) in [6.07, 6.45) is 1.72. The summed E-state index contributed by atoms with van der Waals surface area (Å²) in [7, 11) is -1.95. The van der Waals surface area contributed by atoms with E-state index in [9.17, 15) is 8.42 Å². The summed E-state index contributed by atoms with van der Waals surface area (Å²) in [6.45, 7) is 8.73. The minimum Gasteiger partial charge on any atom is -0.371 e. The van der Waals surface area contributed by atoms with Crippen LogP contribution in [0.2, 0.25) is 0 Å². The Hall–Kier alpha value is -1.12. The quantitative estimate of drug-likeness (QED) is 0.883. The van der Waals surface area contributed by atoms with Crippen molar-refractivity contribution in [2.45, 2.75) is 32.7 Å². The molecule has 2 aromatic heterocycles. The summed E-state index contributed by atoms with van der Waals surface area (Å²) in [5.74, 6) is 0.592. The Balaban J connectivity index is 2.31. The molecule has 0 radical (unpaired) electrons. The highest BCUT2D eigenvalue weighted by molar-refractivity contribution is 7.89. The highest BCUT2D eigenvalue weighted by Crippen LogP contribution is 2.27. The van der Waals surface area contributed by atoms with Crippen LogP contribution in [-0.4, -0.2) is 31.4 Å². The fourth-order valence-electron chi connectivity index (χ4n) is 1.79. The molecular weight excluding hydrogens is 308 g/mol. The Morgan fingerprint density at radius 2 is 2.10 bits per heavy atom. The van der Waals surface area contributed by atoms with E-state index in [-0.39, 0.29) is 16.4 Å². The number of fused-ring (bicyclic) bond motifs is 1. The van der Waals surface area contributed by atoms with Gasteiger partial charge in [-0.15, -0.1) is 11.3 Å². The number of imidazole rings is 1. The number of sulfonamides is 1. The van der Waals surface area contributed by atoms with Gasteiger partial charge in [0.1, 0.15) is 0 Å². The maximum Gasteiger partial charge on any atom is 0.260 e. The molecule has 1 atom stereocenters. The first kappa shape index (κ1) is 16.3. The van der Waals surface area contributed by atoms with Crippen molar-refractivity contribution in [2.24, 2.45) is 11.3 Å². The maximum atomic E-state index is 12.6. The molecular formula is C13H22N4O2S2. The molecule has 1 unspecified atom stereocenters. The van der Waals surface area contributed by atoms with E-state index in [0.717, 1.165) is 0 Å². The Morgan fingerprint density at radius 3 is 2.67 bits per heavy atom. The number of nitrogens with zero attached hydrogens (tertiary/aromatic N) is 2. The standard InChI is InChI=1S/C13H22N4O2S2/c1-9(13(2,3)4)8-15-21(18,19)11-10(14-5)16-12-17(11)6-7-20-12/h6-7,9,14-15H,8H2,1-5H3. The lowest BCUT2D eigenvalue weighted by Gasteiger charge is -2.27. The number of nitrogens with one attached hydrogen (secondary N) is 2.